The number of hydrogen-bond acceptors (Lipinski definition) is 3. The molecule has 1 spiro atoms. The minimum absolute atomic E-state index is 0.0340. The number of nitrogens with one attached hydrogen (secondary N) is 2. The first-order chi connectivity index (χ1) is 13.9. The summed E-state index contributed by atoms with van der Waals surface area (Å²) in [5.74, 6) is -0.192. The largest absolute Gasteiger partial charge is 0.351 e. The lowest BCUT2D eigenvalue weighted by Crippen LogP contribution is -2.29. The van der Waals surface area contributed by atoms with Crippen LogP contribution in [0.15, 0.2) is 41.3 Å². The second-order valence-corrected chi connectivity index (χ2v) is 7.94. The van der Waals surface area contributed by atoms with Crippen LogP contribution in [0.1, 0.15) is 40.9 Å². The fraction of sp³-hybridized carbons (Fsp3) is 0.318. The standard InChI is InChI=1S/C22H22N4O3/c1-4-23-19(27)16-9-12-13(11-25(2)20(28)18(12)24-16)15-10-22(15)14-7-5-6-8-17(14)26(3)21(22)29/h5-9,11,15,24H,4,10H2,1-3H3,(H,23,27)/t15-,22-/m0/s1. The summed E-state index contributed by atoms with van der Waals surface area (Å²) in [5.41, 5.74) is 2.89. The van der Waals surface area contributed by atoms with Crippen LogP contribution in [0, 0.1) is 0 Å². The molecule has 1 saturated carbocycles. The summed E-state index contributed by atoms with van der Waals surface area (Å²) >= 11 is 0. The highest BCUT2D eigenvalue weighted by Gasteiger charge is 2.67. The summed E-state index contributed by atoms with van der Waals surface area (Å²) in [4.78, 5) is 42.9. The Kier molecular flexibility index (Phi) is 3.56. The zero-order valence-electron chi connectivity index (χ0n) is 16.6. The van der Waals surface area contributed by atoms with Crippen LogP contribution >= 0.6 is 0 Å². The summed E-state index contributed by atoms with van der Waals surface area (Å²) in [6.45, 7) is 2.35. The number of aromatic nitrogens is 2. The molecular formula is C22H22N4O3. The molecule has 1 aromatic carbocycles. The van der Waals surface area contributed by atoms with Gasteiger partial charge in [0.15, 0.2) is 0 Å². The van der Waals surface area contributed by atoms with Crippen molar-refractivity contribution in [3.05, 3.63) is 63.7 Å². The number of anilines is 1. The molecule has 0 bridgehead atoms. The van der Waals surface area contributed by atoms with Crippen molar-refractivity contribution in [3.8, 4) is 0 Å². The molecule has 3 heterocycles. The third kappa shape index (κ3) is 2.21. The maximum Gasteiger partial charge on any atom is 0.274 e. The average Bonchev–Trinajstić information content (AvgIpc) is 3.24. The van der Waals surface area contributed by atoms with E-state index in [4.69, 9.17) is 0 Å². The van der Waals surface area contributed by atoms with Crippen molar-refractivity contribution in [1.82, 2.24) is 14.9 Å². The van der Waals surface area contributed by atoms with Gasteiger partial charge < -0.3 is 19.8 Å². The Labute approximate surface area is 167 Å². The average molecular weight is 390 g/mol. The molecule has 2 aliphatic rings. The highest BCUT2D eigenvalue weighted by atomic mass is 16.2. The fourth-order valence-electron chi connectivity index (χ4n) is 4.86. The van der Waals surface area contributed by atoms with Crippen LogP contribution in [0.25, 0.3) is 10.9 Å². The Bertz CT molecular complexity index is 1250. The lowest BCUT2D eigenvalue weighted by molar-refractivity contribution is -0.120. The molecule has 1 aliphatic heterocycles. The molecule has 3 aromatic rings. The number of nitrogens with zero attached hydrogens (tertiary/aromatic N) is 2. The Morgan fingerprint density at radius 2 is 2.03 bits per heavy atom. The summed E-state index contributed by atoms with van der Waals surface area (Å²) in [6, 6.07) is 9.62. The van der Waals surface area contributed by atoms with Gasteiger partial charge in [-0.3, -0.25) is 14.4 Å². The van der Waals surface area contributed by atoms with Crippen molar-refractivity contribution in [2.75, 3.05) is 18.5 Å². The van der Waals surface area contributed by atoms with E-state index < -0.39 is 5.41 Å². The fourth-order valence-corrected chi connectivity index (χ4v) is 4.86. The summed E-state index contributed by atoms with van der Waals surface area (Å²) in [7, 11) is 3.51. The first-order valence-corrected chi connectivity index (χ1v) is 9.78. The second-order valence-electron chi connectivity index (χ2n) is 7.94. The molecular weight excluding hydrogens is 368 g/mol. The second kappa shape index (κ2) is 5.83. The first-order valence-electron chi connectivity index (χ1n) is 9.78. The Morgan fingerprint density at radius 1 is 1.28 bits per heavy atom. The van der Waals surface area contributed by atoms with E-state index >= 15 is 0 Å². The van der Waals surface area contributed by atoms with Crippen molar-refractivity contribution < 1.29 is 9.59 Å². The molecule has 2 amide bonds. The molecule has 7 heteroatoms. The van der Waals surface area contributed by atoms with E-state index in [-0.39, 0.29) is 23.3 Å². The molecule has 0 saturated heterocycles. The number of amides is 2. The number of para-hydroxylation sites is 1. The van der Waals surface area contributed by atoms with Gasteiger partial charge in [-0.2, -0.15) is 0 Å². The van der Waals surface area contributed by atoms with Crippen LogP contribution in [-0.2, 0) is 17.3 Å². The molecule has 29 heavy (non-hydrogen) atoms. The van der Waals surface area contributed by atoms with Gasteiger partial charge in [-0.05, 0) is 36.6 Å². The third-order valence-corrected chi connectivity index (χ3v) is 6.35. The highest BCUT2D eigenvalue weighted by Crippen LogP contribution is 2.66. The van der Waals surface area contributed by atoms with E-state index in [9.17, 15) is 14.4 Å². The number of H-pyrrole nitrogens is 1. The lowest BCUT2D eigenvalue weighted by Gasteiger charge is -2.12. The van der Waals surface area contributed by atoms with Gasteiger partial charge in [0.25, 0.3) is 11.5 Å². The van der Waals surface area contributed by atoms with E-state index in [1.54, 1.807) is 18.0 Å². The number of likely N-dealkylation sites (N-methyl/N-ethyl adjacent to an activating group) is 1. The Morgan fingerprint density at radius 3 is 2.79 bits per heavy atom. The van der Waals surface area contributed by atoms with Gasteiger partial charge in [-0.25, -0.2) is 0 Å². The number of pyridine rings is 1. The minimum atomic E-state index is -0.585. The van der Waals surface area contributed by atoms with E-state index in [0.29, 0.717) is 24.2 Å². The summed E-state index contributed by atoms with van der Waals surface area (Å²) in [6.07, 6.45) is 2.51. The van der Waals surface area contributed by atoms with Gasteiger partial charge in [0, 0.05) is 43.8 Å². The molecule has 0 unspecified atom stereocenters. The number of hydrogen-bond donors (Lipinski definition) is 2. The van der Waals surface area contributed by atoms with Crippen LogP contribution in [0.5, 0.6) is 0 Å². The SMILES string of the molecule is CCNC(=O)c1cc2c([C@@H]3C[C@@]34C(=O)N(C)c3ccccc34)cn(C)c(=O)c2[nH]1. The van der Waals surface area contributed by atoms with Crippen LogP contribution in [-0.4, -0.2) is 35.0 Å². The van der Waals surface area contributed by atoms with Gasteiger partial charge in [-0.1, -0.05) is 18.2 Å². The van der Waals surface area contributed by atoms with Crippen LogP contribution in [0.3, 0.4) is 0 Å². The Hall–Kier alpha value is -3.35. The lowest BCUT2D eigenvalue weighted by atomic mass is 9.91. The van der Waals surface area contributed by atoms with Gasteiger partial charge in [-0.15, -0.1) is 0 Å². The summed E-state index contributed by atoms with van der Waals surface area (Å²) < 4.78 is 1.52. The van der Waals surface area contributed by atoms with Crippen molar-refractivity contribution in [2.45, 2.75) is 24.7 Å². The topological polar surface area (TPSA) is 87.2 Å². The van der Waals surface area contributed by atoms with Crippen LogP contribution in [0.4, 0.5) is 5.69 Å². The molecule has 1 aliphatic carbocycles. The van der Waals surface area contributed by atoms with Gasteiger partial charge >= 0.3 is 0 Å². The van der Waals surface area contributed by atoms with Crippen LogP contribution in [0.2, 0.25) is 0 Å². The number of rotatable bonds is 3. The zero-order chi connectivity index (χ0) is 20.5. The predicted molar refractivity (Wildman–Crippen MR) is 110 cm³/mol. The molecule has 2 aromatic heterocycles. The predicted octanol–water partition coefficient (Wildman–Crippen LogP) is 2.02. The van der Waals surface area contributed by atoms with Crippen molar-refractivity contribution in [1.29, 1.82) is 0 Å². The molecule has 2 atom stereocenters. The maximum atomic E-state index is 13.2. The molecule has 2 N–H and O–H groups in total. The number of carbonyl (C=O) groups excluding carboxylic acids is 2. The van der Waals surface area contributed by atoms with Crippen LogP contribution < -0.4 is 15.8 Å². The number of aromatic amines is 1. The van der Waals surface area contributed by atoms with Crippen molar-refractivity contribution in [3.63, 3.8) is 0 Å². The Balaban J connectivity index is 1.68. The quantitative estimate of drug-likeness (QED) is 0.717. The number of carbonyl (C=O) groups is 2. The number of benzene rings is 1. The van der Waals surface area contributed by atoms with E-state index in [0.717, 1.165) is 22.2 Å². The molecule has 0 radical (unpaired) electrons. The number of fused-ring (bicyclic) bond motifs is 3. The first kappa shape index (κ1) is 17.7. The monoisotopic (exact) mass is 390 g/mol. The van der Waals surface area contributed by atoms with Gasteiger partial charge in [0.05, 0.1) is 5.41 Å². The summed E-state index contributed by atoms with van der Waals surface area (Å²) in [5, 5.41) is 3.47. The minimum Gasteiger partial charge on any atom is -0.351 e. The van der Waals surface area contributed by atoms with Gasteiger partial charge in [0.1, 0.15) is 11.2 Å². The smallest absolute Gasteiger partial charge is 0.274 e. The van der Waals surface area contributed by atoms with E-state index in [1.807, 2.05) is 44.4 Å². The number of aryl methyl sites for hydroxylation is 1. The van der Waals surface area contributed by atoms with E-state index in [1.165, 1.54) is 4.57 Å². The molecule has 1 fully saturated rings. The maximum absolute atomic E-state index is 13.2. The highest BCUT2D eigenvalue weighted by molar-refractivity contribution is 6.11. The van der Waals surface area contributed by atoms with Crippen molar-refractivity contribution >= 4 is 28.4 Å². The molecule has 148 valence electrons. The van der Waals surface area contributed by atoms with Crippen molar-refractivity contribution in [2.24, 2.45) is 7.05 Å². The molecule has 7 nitrogen and oxygen atoms in total. The normalized spacial score (nSPS) is 22.4. The van der Waals surface area contributed by atoms with Gasteiger partial charge in [0.2, 0.25) is 5.91 Å². The van der Waals surface area contributed by atoms with E-state index in [2.05, 4.69) is 10.3 Å². The molecule has 5 rings (SSSR count). The third-order valence-electron chi connectivity index (χ3n) is 6.35. The zero-order valence-corrected chi connectivity index (χ0v) is 16.6.